The molecule has 0 aromatic rings. The van der Waals surface area contributed by atoms with Crippen molar-refractivity contribution >= 4 is 11.8 Å². The summed E-state index contributed by atoms with van der Waals surface area (Å²) in [7, 11) is 0. The Bertz CT molecular complexity index is 347. The highest BCUT2D eigenvalue weighted by atomic mass is 16.2. The molecule has 2 amide bonds. The molecule has 0 aromatic carbocycles. The van der Waals surface area contributed by atoms with Crippen LogP contribution in [-0.4, -0.2) is 35.8 Å². The van der Waals surface area contributed by atoms with Gasteiger partial charge in [-0.2, -0.15) is 0 Å². The second-order valence-corrected chi connectivity index (χ2v) is 6.87. The standard InChI is InChI=1S/C18H32N2O2/c21-17-18(22)20(15-11-7-6-10-14-19-17)16-12-8-4-2-1-3-5-9-13-16/h16H,1-15H2,(H,19,21). The van der Waals surface area contributed by atoms with E-state index < -0.39 is 0 Å². The zero-order valence-corrected chi connectivity index (χ0v) is 13.9. The third kappa shape index (κ3) is 5.62. The maximum Gasteiger partial charge on any atom is 0.312 e. The Labute approximate surface area is 135 Å². The third-order valence-corrected chi connectivity index (χ3v) is 5.08. The molecule has 126 valence electrons. The smallest absolute Gasteiger partial charge is 0.312 e. The minimum atomic E-state index is -0.390. The lowest BCUT2D eigenvalue weighted by Gasteiger charge is -2.32. The zero-order chi connectivity index (χ0) is 15.6. The molecule has 4 heteroatoms. The predicted octanol–water partition coefficient (Wildman–Crippen LogP) is 3.40. The van der Waals surface area contributed by atoms with Gasteiger partial charge in [0, 0.05) is 19.1 Å². The van der Waals surface area contributed by atoms with Crippen LogP contribution in [0.2, 0.25) is 0 Å². The van der Waals surface area contributed by atoms with E-state index in [2.05, 4.69) is 5.32 Å². The average Bonchev–Trinajstić information content (AvgIpc) is 2.54. The van der Waals surface area contributed by atoms with Gasteiger partial charge in [0.15, 0.2) is 0 Å². The molecule has 1 N–H and O–H groups in total. The van der Waals surface area contributed by atoms with Gasteiger partial charge >= 0.3 is 11.8 Å². The molecule has 0 unspecified atom stereocenters. The van der Waals surface area contributed by atoms with Crippen LogP contribution in [0.25, 0.3) is 0 Å². The maximum absolute atomic E-state index is 12.5. The molecular weight excluding hydrogens is 276 g/mol. The van der Waals surface area contributed by atoms with Crippen LogP contribution in [0.3, 0.4) is 0 Å². The van der Waals surface area contributed by atoms with Gasteiger partial charge in [0.2, 0.25) is 0 Å². The summed E-state index contributed by atoms with van der Waals surface area (Å²) in [6.45, 7) is 1.40. The number of amides is 2. The molecule has 22 heavy (non-hydrogen) atoms. The topological polar surface area (TPSA) is 49.4 Å². The fraction of sp³-hybridized carbons (Fsp3) is 0.889. The van der Waals surface area contributed by atoms with Gasteiger partial charge in [-0.1, -0.05) is 57.8 Å². The normalized spacial score (nSPS) is 24.6. The lowest BCUT2D eigenvalue weighted by Crippen LogP contribution is -2.49. The number of rotatable bonds is 1. The number of hydrogen-bond acceptors (Lipinski definition) is 2. The lowest BCUT2D eigenvalue weighted by atomic mass is 9.96. The van der Waals surface area contributed by atoms with Crippen molar-refractivity contribution in [3.63, 3.8) is 0 Å². The zero-order valence-electron chi connectivity index (χ0n) is 13.9. The van der Waals surface area contributed by atoms with E-state index in [4.69, 9.17) is 0 Å². The number of hydrogen-bond donors (Lipinski definition) is 1. The van der Waals surface area contributed by atoms with Crippen molar-refractivity contribution in [2.45, 2.75) is 89.5 Å². The van der Waals surface area contributed by atoms with Crippen LogP contribution >= 0.6 is 0 Å². The highest BCUT2D eigenvalue weighted by Gasteiger charge is 2.28. The summed E-state index contributed by atoms with van der Waals surface area (Å²) in [6, 6.07) is 0.274. The molecule has 0 radical (unpaired) electrons. The van der Waals surface area contributed by atoms with Crippen LogP contribution in [0.15, 0.2) is 0 Å². The lowest BCUT2D eigenvalue weighted by molar-refractivity contribution is -0.147. The second kappa shape index (κ2) is 9.86. The van der Waals surface area contributed by atoms with Crippen molar-refractivity contribution in [2.24, 2.45) is 0 Å². The number of nitrogens with one attached hydrogen (secondary N) is 1. The molecule has 2 rings (SSSR count). The highest BCUT2D eigenvalue weighted by Crippen LogP contribution is 2.22. The molecule has 1 saturated carbocycles. The summed E-state index contributed by atoms with van der Waals surface area (Å²) in [5, 5.41) is 2.79. The van der Waals surface area contributed by atoms with Gasteiger partial charge in [0.25, 0.3) is 0 Å². The van der Waals surface area contributed by atoms with E-state index in [0.717, 1.165) is 45.1 Å². The first-order chi connectivity index (χ1) is 10.8. The van der Waals surface area contributed by atoms with Gasteiger partial charge in [-0.3, -0.25) is 9.59 Å². The molecule has 1 aliphatic heterocycles. The van der Waals surface area contributed by atoms with Gasteiger partial charge in [-0.05, 0) is 25.7 Å². The number of carbonyl (C=O) groups is 2. The Morgan fingerprint density at radius 1 is 0.727 bits per heavy atom. The Morgan fingerprint density at radius 2 is 1.27 bits per heavy atom. The number of nitrogens with zero attached hydrogens (tertiary/aromatic N) is 1. The van der Waals surface area contributed by atoms with Gasteiger partial charge < -0.3 is 10.2 Å². The van der Waals surface area contributed by atoms with Gasteiger partial charge in [-0.25, -0.2) is 0 Å². The SMILES string of the molecule is O=C1NCCCCCCN(C2CCCCCCCCC2)C1=O. The Balaban J connectivity index is 2.00. The fourth-order valence-electron chi connectivity index (χ4n) is 3.72. The summed E-state index contributed by atoms with van der Waals surface area (Å²) in [6.07, 6.45) is 15.4. The van der Waals surface area contributed by atoms with Crippen LogP contribution in [0.1, 0.15) is 83.5 Å². The van der Waals surface area contributed by atoms with Crippen LogP contribution in [-0.2, 0) is 9.59 Å². The minimum absolute atomic E-state index is 0.274. The molecule has 4 nitrogen and oxygen atoms in total. The molecular formula is C18H32N2O2. The summed E-state index contributed by atoms with van der Waals surface area (Å²) >= 11 is 0. The highest BCUT2D eigenvalue weighted by molar-refractivity contribution is 6.35. The quantitative estimate of drug-likeness (QED) is 0.755. The van der Waals surface area contributed by atoms with E-state index in [1.165, 1.54) is 44.9 Å². The average molecular weight is 308 g/mol. The minimum Gasteiger partial charge on any atom is -0.348 e. The van der Waals surface area contributed by atoms with E-state index in [1.54, 1.807) is 0 Å². The molecule has 0 bridgehead atoms. The molecule has 1 saturated heterocycles. The maximum atomic E-state index is 12.5. The molecule has 1 aliphatic carbocycles. The molecule has 0 spiro atoms. The van der Waals surface area contributed by atoms with Crippen molar-refractivity contribution in [1.82, 2.24) is 10.2 Å². The molecule has 0 aromatic heterocycles. The summed E-state index contributed by atoms with van der Waals surface area (Å²) in [5.41, 5.74) is 0. The summed E-state index contributed by atoms with van der Waals surface area (Å²) in [5.74, 6) is -0.678. The number of carbonyl (C=O) groups excluding carboxylic acids is 2. The molecule has 0 atom stereocenters. The largest absolute Gasteiger partial charge is 0.348 e. The first kappa shape index (κ1) is 17.3. The fourth-order valence-corrected chi connectivity index (χ4v) is 3.72. The van der Waals surface area contributed by atoms with E-state index >= 15 is 0 Å². The van der Waals surface area contributed by atoms with Gasteiger partial charge in [0.1, 0.15) is 0 Å². The van der Waals surface area contributed by atoms with Crippen molar-refractivity contribution in [3.8, 4) is 0 Å². The van der Waals surface area contributed by atoms with Crippen molar-refractivity contribution < 1.29 is 9.59 Å². The van der Waals surface area contributed by atoms with Gasteiger partial charge in [0.05, 0.1) is 0 Å². The first-order valence-corrected chi connectivity index (χ1v) is 9.38. The van der Waals surface area contributed by atoms with Crippen molar-refractivity contribution in [3.05, 3.63) is 0 Å². The molecule has 2 aliphatic rings. The van der Waals surface area contributed by atoms with E-state index in [0.29, 0.717) is 6.54 Å². The van der Waals surface area contributed by atoms with Crippen LogP contribution in [0, 0.1) is 0 Å². The summed E-state index contributed by atoms with van der Waals surface area (Å²) < 4.78 is 0. The first-order valence-electron chi connectivity index (χ1n) is 9.38. The Morgan fingerprint density at radius 3 is 1.95 bits per heavy atom. The van der Waals surface area contributed by atoms with Gasteiger partial charge in [-0.15, -0.1) is 0 Å². The summed E-state index contributed by atoms with van der Waals surface area (Å²) in [4.78, 5) is 26.5. The molecule has 2 fully saturated rings. The third-order valence-electron chi connectivity index (χ3n) is 5.08. The molecule has 1 heterocycles. The van der Waals surface area contributed by atoms with Crippen molar-refractivity contribution in [1.29, 1.82) is 0 Å². The van der Waals surface area contributed by atoms with Crippen LogP contribution in [0.5, 0.6) is 0 Å². The predicted molar refractivity (Wildman–Crippen MR) is 88.5 cm³/mol. The van der Waals surface area contributed by atoms with E-state index in [9.17, 15) is 9.59 Å². The van der Waals surface area contributed by atoms with Crippen LogP contribution < -0.4 is 5.32 Å². The van der Waals surface area contributed by atoms with Crippen LogP contribution in [0.4, 0.5) is 0 Å². The van der Waals surface area contributed by atoms with E-state index in [-0.39, 0.29) is 17.9 Å². The van der Waals surface area contributed by atoms with Crippen molar-refractivity contribution in [2.75, 3.05) is 13.1 Å². The monoisotopic (exact) mass is 308 g/mol. The Kier molecular flexibility index (Phi) is 7.75. The second-order valence-electron chi connectivity index (χ2n) is 6.87. The Hall–Kier alpha value is -1.06. The van der Waals surface area contributed by atoms with E-state index in [1.807, 2.05) is 4.90 Å².